The molecule has 0 saturated carbocycles. The van der Waals surface area contributed by atoms with Gasteiger partial charge in [-0.25, -0.2) is 4.98 Å². The Labute approximate surface area is 195 Å². The fraction of sp³-hybridized carbons (Fsp3) is 0.364. The van der Waals surface area contributed by atoms with Gasteiger partial charge in [-0.15, -0.1) is 10.2 Å². The SMILES string of the molecule is CC(C)(N)c1ccc(-n2nnc3cnc(N(OC=O)c4cnn(C5CCOCC5)c4)nc32)cc1. The van der Waals surface area contributed by atoms with E-state index in [1.807, 2.05) is 42.8 Å². The molecule has 5 rings (SSSR count). The number of fused-ring (bicyclic) bond motifs is 1. The van der Waals surface area contributed by atoms with Crippen molar-refractivity contribution < 1.29 is 14.4 Å². The van der Waals surface area contributed by atoms with Crippen molar-refractivity contribution in [2.75, 3.05) is 18.3 Å². The van der Waals surface area contributed by atoms with Gasteiger partial charge in [0.05, 0.1) is 30.3 Å². The third-order valence-electron chi connectivity index (χ3n) is 5.75. The van der Waals surface area contributed by atoms with Gasteiger partial charge in [0.25, 0.3) is 5.95 Å². The Balaban J connectivity index is 1.49. The van der Waals surface area contributed by atoms with Crippen molar-refractivity contribution in [1.82, 2.24) is 34.7 Å². The number of hydrogen-bond donors (Lipinski definition) is 1. The molecule has 1 aliphatic rings. The molecule has 0 spiro atoms. The van der Waals surface area contributed by atoms with E-state index in [1.165, 1.54) is 11.3 Å². The van der Waals surface area contributed by atoms with Crippen molar-refractivity contribution >= 4 is 29.3 Å². The zero-order valence-corrected chi connectivity index (χ0v) is 18.9. The zero-order chi connectivity index (χ0) is 23.7. The number of ether oxygens (including phenoxy) is 1. The first-order chi connectivity index (χ1) is 16.4. The summed E-state index contributed by atoms with van der Waals surface area (Å²) >= 11 is 0. The highest BCUT2D eigenvalue weighted by atomic mass is 16.7. The van der Waals surface area contributed by atoms with Crippen molar-refractivity contribution in [3.63, 3.8) is 0 Å². The van der Waals surface area contributed by atoms with E-state index < -0.39 is 5.54 Å². The van der Waals surface area contributed by atoms with E-state index in [9.17, 15) is 4.79 Å². The second-order valence-corrected chi connectivity index (χ2v) is 8.67. The van der Waals surface area contributed by atoms with Crippen LogP contribution in [0.4, 0.5) is 11.6 Å². The van der Waals surface area contributed by atoms with Gasteiger partial charge >= 0.3 is 6.47 Å². The first-order valence-corrected chi connectivity index (χ1v) is 10.9. The molecule has 4 heterocycles. The maximum absolute atomic E-state index is 11.3. The maximum Gasteiger partial charge on any atom is 0.321 e. The summed E-state index contributed by atoms with van der Waals surface area (Å²) in [6, 6.07) is 7.90. The fourth-order valence-corrected chi connectivity index (χ4v) is 3.87. The summed E-state index contributed by atoms with van der Waals surface area (Å²) in [4.78, 5) is 25.4. The summed E-state index contributed by atoms with van der Waals surface area (Å²) in [5.41, 5.74) is 8.95. The average Bonchev–Trinajstić information content (AvgIpc) is 3.50. The molecule has 34 heavy (non-hydrogen) atoms. The highest BCUT2D eigenvalue weighted by Crippen LogP contribution is 2.27. The number of anilines is 2. The molecule has 1 saturated heterocycles. The molecular weight excluding hydrogens is 438 g/mol. The Morgan fingerprint density at radius 1 is 1.21 bits per heavy atom. The largest absolute Gasteiger partial charge is 0.381 e. The monoisotopic (exact) mass is 463 g/mol. The lowest BCUT2D eigenvalue weighted by Gasteiger charge is -2.22. The molecule has 3 aromatic heterocycles. The molecule has 4 aromatic rings. The van der Waals surface area contributed by atoms with Crippen LogP contribution >= 0.6 is 0 Å². The van der Waals surface area contributed by atoms with Gasteiger partial charge in [0.2, 0.25) is 0 Å². The third-order valence-corrected chi connectivity index (χ3v) is 5.75. The molecule has 0 bridgehead atoms. The van der Waals surface area contributed by atoms with Crippen LogP contribution in [0.5, 0.6) is 0 Å². The maximum atomic E-state index is 11.3. The Hall–Kier alpha value is -3.90. The molecule has 0 unspecified atom stereocenters. The van der Waals surface area contributed by atoms with Crippen LogP contribution in [0.25, 0.3) is 16.9 Å². The summed E-state index contributed by atoms with van der Waals surface area (Å²) in [5, 5.41) is 14.0. The number of benzene rings is 1. The Kier molecular flexibility index (Phi) is 5.67. The molecule has 2 N–H and O–H groups in total. The molecule has 12 heteroatoms. The Morgan fingerprint density at radius 3 is 2.68 bits per heavy atom. The van der Waals surface area contributed by atoms with Gasteiger partial charge in [-0.05, 0) is 44.4 Å². The second kappa shape index (κ2) is 8.80. The Morgan fingerprint density at radius 2 is 1.97 bits per heavy atom. The number of nitrogens with two attached hydrogens (primary N) is 1. The number of hydrogen-bond acceptors (Lipinski definition) is 10. The number of carbonyl (C=O) groups excluding carboxylic acids is 1. The number of carbonyl (C=O) groups is 1. The van der Waals surface area contributed by atoms with E-state index in [2.05, 4.69) is 25.4 Å². The highest BCUT2D eigenvalue weighted by Gasteiger charge is 2.22. The van der Waals surface area contributed by atoms with Crippen molar-refractivity contribution in [1.29, 1.82) is 0 Å². The summed E-state index contributed by atoms with van der Waals surface area (Å²) in [5.74, 6) is 0.148. The van der Waals surface area contributed by atoms with E-state index in [4.69, 9.17) is 15.3 Å². The first kappa shape index (κ1) is 21.9. The van der Waals surface area contributed by atoms with E-state index in [0.29, 0.717) is 36.5 Å². The minimum absolute atomic E-state index is 0.148. The van der Waals surface area contributed by atoms with E-state index in [-0.39, 0.29) is 12.0 Å². The van der Waals surface area contributed by atoms with Crippen LogP contribution in [0.15, 0.2) is 42.9 Å². The van der Waals surface area contributed by atoms with Crippen LogP contribution in [0.2, 0.25) is 0 Å². The molecule has 1 aromatic carbocycles. The van der Waals surface area contributed by atoms with Crippen LogP contribution in [-0.2, 0) is 19.9 Å². The number of aromatic nitrogens is 7. The topological polar surface area (TPSA) is 139 Å². The van der Waals surface area contributed by atoms with E-state index in [0.717, 1.165) is 24.1 Å². The number of rotatable bonds is 7. The summed E-state index contributed by atoms with van der Waals surface area (Å²) in [6.07, 6.45) is 6.67. The van der Waals surface area contributed by atoms with Crippen molar-refractivity contribution in [2.45, 2.75) is 38.3 Å². The van der Waals surface area contributed by atoms with Crippen LogP contribution in [-0.4, -0.2) is 54.4 Å². The van der Waals surface area contributed by atoms with Gasteiger partial charge in [0.15, 0.2) is 11.2 Å². The smallest absolute Gasteiger partial charge is 0.321 e. The fourth-order valence-electron chi connectivity index (χ4n) is 3.87. The van der Waals surface area contributed by atoms with Gasteiger partial charge in [0, 0.05) is 18.8 Å². The number of nitrogens with zero attached hydrogens (tertiary/aromatic N) is 8. The molecule has 12 nitrogen and oxygen atoms in total. The van der Waals surface area contributed by atoms with Gasteiger partial charge in [-0.2, -0.15) is 14.8 Å². The quantitative estimate of drug-likeness (QED) is 0.320. The minimum atomic E-state index is -0.458. The van der Waals surface area contributed by atoms with Gasteiger partial charge < -0.3 is 15.3 Å². The van der Waals surface area contributed by atoms with Crippen molar-refractivity contribution in [3.8, 4) is 5.69 Å². The van der Waals surface area contributed by atoms with Crippen LogP contribution in [0.1, 0.15) is 38.3 Å². The standard InChI is InChI=1S/C22H25N9O3/c1-22(2,23)15-3-5-17(6-4-15)30-20-19(27-28-30)12-24-21(26-20)31(34-14-32)18-11-25-29(13-18)16-7-9-33-10-8-16/h3-6,11-14,16H,7-10,23H2,1-2H3. The summed E-state index contributed by atoms with van der Waals surface area (Å²) in [6.45, 7) is 5.59. The lowest BCUT2D eigenvalue weighted by molar-refractivity contribution is -0.128. The molecule has 1 aliphatic heterocycles. The normalized spacial score (nSPS) is 14.9. The molecule has 1 fully saturated rings. The predicted molar refractivity (Wildman–Crippen MR) is 122 cm³/mol. The summed E-state index contributed by atoms with van der Waals surface area (Å²) in [7, 11) is 0. The van der Waals surface area contributed by atoms with Gasteiger partial charge in [-0.3, -0.25) is 9.48 Å². The van der Waals surface area contributed by atoms with Crippen LogP contribution < -0.4 is 10.8 Å². The lowest BCUT2D eigenvalue weighted by atomic mass is 9.96. The van der Waals surface area contributed by atoms with Crippen LogP contribution in [0, 0.1) is 0 Å². The summed E-state index contributed by atoms with van der Waals surface area (Å²) < 4.78 is 8.87. The van der Waals surface area contributed by atoms with Crippen LogP contribution in [0.3, 0.4) is 0 Å². The second-order valence-electron chi connectivity index (χ2n) is 8.67. The lowest BCUT2D eigenvalue weighted by Crippen LogP contribution is -2.28. The van der Waals surface area contributed by atoms with Crippen molar-refractivity contribution in [2.24, 2.45) is 5.73 Å². The average molecular weight is 464 g/mol. The minimum Gasteiger partial charge on any atom is -0.381 e. The zero-order valence-electron chi connectivity index (χ0n) is 18.9. The molecule has 0 radical (unpaired) electrons. The van der Waals surface area contributed by atoms with E-state index >= 15 is 0 Å². The van der Waals surface area contributed by atoms with Gasteiger partial charge in [0.1, 0.15) is 5.69 Å². The molecule has 0 amide bonds. The highest BCUT2D eigenvalue weighted by molar-refractivity contribution is 5.73. The van der Waals surface area contributed by atoms with E-state index in [1.54, 1.807) is 17.1 Å². The third kappa shape index (κ3) is 4.20. The molecular formula is C22H25N9O3. The predicted octanol–water partition coefficient (Wildman–Crippen LogP) is 2.18. The Bertz CT molecular complexity index is 1290. The molecule has 0 atom stereocenters. The first-order valence-electron chi connectivity index (χ1n) is 10.9. The van der Waals surface area contributed by atoms with Crippen molar-refractivity contribution in [3.05, 3.63) is 48.4 Å². The van der Waals surface area contributed by atoms with Gasteiger partial charge in [-0.1, -0.05) is 17.3 Å². The molecule has 176 valence electrons. The molecule has 0 aliphatic carbocycles.